The van der Waals surface area contributed by atoms with Gasteiger partial charge in [0.2, 0.25) is 0 Å². The largest absolute Gasteiger partial charge is 0.511 e. The minimum Gasteiger partial charge on any atom is -0.511 e. The Hall–Kier alpha value is -4.04. The molecule has 8 nitrogen and oxygen atoms in total. The summed E-state index contributed by atoms with van der Waals surface area (Å²) in [5, 5.41) is 26.4. The molecule has 8 bridgehead atoms. The molecule has 8 heteroatoms. The molecular weight excluding hydrogens is 745 g/mol. The van der Waals surface area contributed by atoms with Gasteiger partial charge in [-0.1, -0.05) is 117 Å². The van der Waals surface area contributed by atoms with Crippen LogP contribution in [-0.4, -0.2) is 46.0 Å². The minimum absolute atomic E-state index is 0.0160. The molecule has 6 rings (SSSR count). The SMILES string of the molecule is CCCCCCCCCCCCCCCCCCOC(=O)CC[C@@H]1C2=C3CC(O)=C4C3=NC(=C4C)C=C3N=C(C=C4N=C(C(C)=C(N2)[C@H]1C)C(C)=C4[C@@H](C)O)C(C)=C3CC. The van der Waals surface area contributed by atoms with Crippen molar-refractivity contribution in [2.75, 3.05) is 6.61 Å². The third-order valence-electron chi connectivity index (χ3n) is 13.8. The summed E-state index contributed by atoms with van der Waals surface area (Å²) in [6.07, 6.45) is 26.5. The lowest BCUT2D eigenvalue weighted by Gasteiger charge is -2.18. The second-order valence-corrected chi connectivity index (χ2v) is 18.2. The molecule has 0 aromatic carbocycles. The molecule has 1 aliphatic carbocycles. The zero-order valence-corrected chi connectivity index (χ0v) is 38.3. The quantitative estimate of drug-likeness (QED) is 0.0743. The van der Waals surface area contributed by atoms with Crippen molar-refractivity contribution >= 4 is 23.1 Å². The van der Waals surface area contributed by atoms with Gasteiger partial charge in [0.05, 0.1) is 46.9 Å². The topological polar surface area (TPSA) is 116 Å². The maximum Gasteiger partial charge on any atom is 0.305 e. The lowest BCUT2D eigenvalue weighted by molar-refractivity contribution is -0.144. The van der Waals surface area contributed by atoms with Crippen LogP contribution in [0.4, 0.5) is 0 Å². The highest BCUT2D eigenvalue weighted by molar-refractivity contribution is 6.21. The average Bonchev–Trinajstić information content (AvgIpc) is 3.99. The van der Waals surface area contributed by atoms with Crippen LogP contribution in [0.3, 0.4) is 0 Å². The Morgan fingerprint density at radius 2 is 1.38 bits per heavy atom. The van der Waals surface area contributed by atoms with E-state index in [-0.39, 0.29) is 17.8 Å². The van der Waals surface area contributed by atoms with Crippen LogP contribution in [0, 0.1) is 11.8 Å². The van der Waals surface area contributed by atoms with Crippen LogP contribution in [-0.2, 0) is 9.53 Å². The molecule has 0 radical (unpaired) electrons. The molecule has 0 aromatic heterocycles. The second kappa shape index (κ2) is 21.2. The number of ether oxygens (including phenoxy) is 1. The summed E-state index contributed by atoms with van der Waals surface area (Å²) >= 11 is 0. The zero-order valence-electron chi connectivity index (χ0n) is 38.3. The molecule has 5 aliphatic heterocycles. The van der Waals surface area contributed by atoms with Crippen LogP contribution in [0.2, 0.25) is 0 Å². The predicted octanol–water partition coefficient (Wildman–Crippen LogP) is 13.0. The third-order valence-corrected chi connectivity index (χ3v) is 13.8. The Morgan fingerprint density at radius 1 is 0.767 bits per heavy atom. The molecule has 3 atom stereocenters. The smallest absolute Gasteiger partial charge is 0.305 e. The van der Waals surface area contributed by atoms with Crippen molar-refractivity contribution in [1.29, 1.82) is 0 Å². The highest BCUT2D eigenvalue weighted by Crippen LogP contribution is 2.47. The Morgan fingerprint density at radius 3 is 1.98 bits per heavy atom. The molecule has 1 fully saturated rings. The molecule has 6 aliphatic rings. The standard InChI is InChI=1S/C52H74N4O4/c1-9-11-12-13-14-15-16-17-18-19-20-21-22-23-24-25-28-60-46(59)27-26-39-33(4)49-36(7)50-35(6)47(37(8)57)44(55-50)31-41-32(3)38(10-2)43(53-41)30-42-34(5)48-45(58)29-40(51(39)56-49)52(48)54-42/h30-31,33,37,39,56-58H,9-29H2,1-8H3/t33-,37+,39-/m0/s1. The molecule has 5 heterocycles. The van der Waals surface area contributed by atoms with E-state index in [0.29, 0.717) is 31.6 Å². The van der Waals surface area contributed by atoms with Crippen LogP contribution in [0.15, 0.2) is 106 Å². The van der Waals surface area contributed by atoms with Gasteiger partial charge in [0.25, 0.3) is 0 Å². The molecule has 0 saturated carbocycles. The monoisotopic (exact) mass is 819 g/mol. The molecule has 0 spiro atoms. The summed E-state index contributed by atoms with van der Waals surface area (Å²) in [5.74, 6) is 0.198. The summed E-state index contributed by atoms with van der Waals surface area (Å²) in [4.78, 5) is 28.7. The molecule has 0 amide bonds. The highest BCUT2D eigenvalue weighted by Gasteiger charge is 2.42. The molecule has 60 heavy (non-hydrogen) atoms. The van der Waals surface area contributed by atoms with E-state index in [9.17, 15) is 15.0 Å². The summed E-state index contributed by atoms with van der Waals surface area (Å²) in [5.41, 5.74) is 14.7. The third kappa shape index (κ3) is 10.2. The first-order chi connectivity index (χ1) is 29.0. The summed E-state index contributed by atoms with van der Waals surface area (Å²) < 4.78 is 5.80. The number of hydrogen-bond donors (Lipinski definition) is 3. The van der Waals surface area contributed by atoms with Crippen LogP contribution >= 0.6 is 0 Å². The lowest BCUT2D eigenvalue weighted by Crippen LogP contribution is -2.16. The van der Waals surface area contributed by atoms with Crippen molar-refractivity contribution in [2.24, 2.45) is 26.8 Å². The number of nitrogens with zero attached hydrogens (tertiary/aromatic N) is 3. The summed E-state index contributed by atoms with van der Waals surface area (Å²) in [7, 11) is 0. The maximum absolute atomic E-state index is 13.2. The first-order valence-corrected chi connectivity index (χ1v) is 23.8. The zero-order chi connectivity index (χ0) is 42.9. The number of carbonyl (C=O) groups excluding carboxylic acids is 1. The van der Waals surface area contributed by atoms with Gasteiger partial charge in [-0.3, -0.25) is 4.79 Å². The molecule has 0 unspecified atom stereocenters. The number of carbonyl (C=O) groups is 1. The van der Waals surface area contributed by atoms with E-state index >= 15 is 0 Å². The normalized spacial score (nSPS) is 21.6. The molecule has 1 saturated heterocycles. The van der Waals surface area contributed by atoms with Crippen molar-refractivity contribution in [1.82, 2.24) is 5.32 Å². The molecule has 3 N–H and O–H groups in total. The van der Waals surface area contributed by atoms with E-state index in [1.165, 1.54) is 89.9 Å². The molecule has 326 valence electrons. The Bertz CT molecular complexity index is 2020. The van der Waals surface area contributed by atoms with Gasteiger partial charge in [-0.05, 0) is 93.9 Å². The number of allylic oxidation sites excluding steroid dienone is 11. The van der Waals surface area contributed by atoms with Crippen molar-refractivity contribution in [3.8, 4) is 0 Å². The molecular formula is C52H74N4O4. The number of aliphatic hydroxyl groups is 2. The number of rotatable bonds is 22. The van der Waals surface area contributed by atoms with Gasteiger partial charge in [-0.25, -0.2) is 15.0 Å². The number of fused-ring (bicyclic) bond motifs is 5. The summed E-state index contributed by atoms with van der Waals surface area (Å²) in [6.45, 7) is 17.2. The van der Waals surface area contributed by atoms with Crippen LogP contribution in [0.5, 0.6) is 0 Å². The highest BCUT2D eigenvalue weighted by atomic mass is 16.5. The van der Waals surface area contributed by atoms with Crippen molar-refractivity contribution in [2.45, 2.75) is 190 Å². The van der Waals surface area contributed by atoms with E-state index in [2.05, 4.69) is 46.0 Å². The van der Waals surface area contributed by atoms with Crippen molar-refractivity contribution in [3.63, 3.8) is 0 Å². The fourth-order valence-electron chi connectivity index (χ4n) is 10.3. The first-order valence-electron chi connectivity index (χ1n) is 23.8. The van der Waals surface area contributed by atoms with Crippen LogP contribution in [0.25, 0.3) is 0 Å². The molecule has 0 aromatic rings. The second-order valence-electron chi connectivity index (χ2n) is 18.2. The Balaban J connectivity index is 1.10. The average molecular weight is 819 g/mol. The first kappa shape index (κ1) is 45.5. The Labute approximate surface area is 361 Å². The van der Waals surface area contributed by atoms with Gasteiger partial charge in [0.1, 0.15) is 5.76 Å². The van der Waals surface area contributed by atoms with Gasteiger partial charge >= 0.3 is 5.97 Å². The number of aliphatic hydroxyl groups excluding tert-OH is 2. The number of esters is 1. The van der Waals surface area contributed by atoms with Crippen LogP contribution < -0.4 is 5.32 Å². The Kier molecular flexibility index (Phi) is 16.0. The fourth-order valence-corrected chi connectivity index (χ4v) is 10.3. The van der Waals surface area contributed by atoms with E-state index in [4.69, 9.17) is 19.7 Å². The number of hydrogen-bond acceptors (Lipinski definition) is 8. The van der Waals surface area contributed by atoms with Gasteiger partial charge in [0.15, 0.2) is 0 Å². The van der Waals surface area contributed by atoms with E-state index in [0.717, 1.165) is 109 Å². The number of nitrogens with one attached hydrogen (secondary N) is 1. The maximum atomic E-state index is 13.2. The number of unbranched alkanes of at least 4 members (excludes halogenated alkanes) is 15. The minimum atomic E-state index is -0.710. The van der Waals surface area contributed by atoms with E-state index in [1.54, 1.807) is 6.92 Å². The summed E-state index contributed by atoms with van der Waals surface area (Å²) in [6, 6.07) is 0. The van der Waals surface area contributed by atoms with Gasteiger partial charge < -0.3 is 20.3 Å². The van der Waals surface area contributed by atoms with E-state index < -0.39 is 6.10 Å². The van der Waals surface area contributed by atoms with Gasteiger partial charge in [-0.2, -0.15) is 0 Å². The predicted molar refractivity (Wildman–Crippen MR) is 248 cm³/mol. The van der Waals surface area contributed by atoms with Gasteiger partial charge in [0, 0.05) is 52.8 Å². The lowest BCUT2D eigenvalue weighted by atomic mass is 9.85. The van der Waals surface area contributed by atoms with Crippen molar-refractivity contribution < 1.29 is 19.7 Å². The van der Waals surface area contributed by atoms with E-state index in [1.807, 2.05) is 19.9 Å². The fraction of sp³-hybridized carbons (Fsp3) is 0.615. The van der Waals surface area contributed by atoms with Crippen LogP contribution in [0.1, 0.15) is 184 Å². The number of aliphatic imine (C=N–C) groups is 3. The van der Waals surface area contributed by atoms with Gasteiger partial charge in [-0.15, -0.1) is 0 Å². The van der Waals surface area contributed by atoms with Crippen molar-refractivity contribution in [3.05, 3.63) is 91.0 Å².